The number of benzene rings is 4. The standard InChI is InChI=1S/C38H44O4/c1-22-12-28(13-23(2)34(22)39)18-30-20-32(16-26(5)36(30)41)38(10-8-7-9-11-38)33-17-27(6)37(42)31(21-33)19-29-14-24(3)35(40)25(4)15-29/h12-17,20-21,39-42H,7-11,18-19H2,1-6H3. The van der Waals surface area contributed by atoms with Gasteiger partial charge in [-0.25, -0.2) is 0 Å². The summed E-state index contributed by atoms with van der Waals surface area (Å²) >= 11 is 0. The first-order valence-corrected chi connectivity index (χ1v) is 15.1. The van der Waals surface area contributed by atoms with Crippen LogP contribution in [0.5, 0.6) is 23.0 Å². The van der Waals surface area contributed by atoms with E-state index in [1.54, 1.807) is 0 Å². The van der Waals surface area contributed by atoms with Crippen molar-refractivity contribution < 1.29 is 20.4 Å². The van der Waals surface area contributed by atoms with Crippen molar-refractivity contribution in [2.45, 2.75) is 91.9 Å². The topological polar surface area (TPSA) is 80.9 Å². The van der Waals surface area contributed by atoms with Crippen LogP contribution in [0.15, 0.2) is 48.5 Å². The zero-order chi connectivity index (χ0) is 30.3. The Hall–Kier alpha value is -3.92. The van der Waals surface area contributed by atoms with Gasteiger partial charge in [-0.15, -0.1) is 0 Å². The predicted molar refractivity (Wildman–Crippen MR) is 170 cm³/mol. The molecule has 0 heterocycles. The van der Waals surface area contributed by atoms with E-state index in [9.17, 15) is 20.4 Å². The minimum Gasteiger partial charge on any atom is -0.507 e. The Labute approximate surface area is 250 Å². The highest BCUT2D eigenvalue weighted by Crippen LogP contribution is 2.48. The molecule has 0 unspecified atom stereocenters. The van der Waals surface area contributed by atoms with Crippen molar-refractivity contribution in [2.75, 3.05) is 0 Å². The lowest BCUT2D eigenvalue weighted by atomic mass is 9.64. The van der Waals surface area contributed by atoms with E-state index in [-0.39, 0.29) is 5.41 Å². The molecule has 4 heteroatoms. The molecule has 0 bridgehead atoms. The van der Waals surface area contributed by atoms with Crippen molar-refractivity contribution in [1.29, 1.82) is 0 Å². The molecule has 220 valence electrons. The van der Waals surface area contributed by atoms with Crippen LogP contribution in [0, 0.1) is 41.5 Å². The van der Waals surface area contributed by atoms with Gasteiger partial charge in [0, 0.05) is 18.3 Å². The highest BCUT2D eigenvalue weighted by Gasteiger charge is 2.37. The molecule has 1 fully saturated rings. The summed E-state index contributed by atoms with van der Waals surface area (Å²) in [4.78, 5) is 0. The number of rotatable bonds is 6. The molecule has 5 rings (SSSR count). The molecule has 1 aliphatic carbocycles. The van der Waals surface area contributed by atoms with Gasteiger partial charge >= 0.3 is 0 Å². The van der Waals surface area contributed by atoms with Crippen LogP contribution in [0.2, 0.25) is 0 Å². The van der Waals surface area contributed by atoms with E-state index in [0.717, 1.165) is 81.3 Å². The first-order valence-electron chi connectivity index (χ1n) is 15.1. The third kappa shape index (κ3) is 5.47. The number of phenols is 4. The van der Waals surface area contributed by atoms with E-state index in [1.807, 2.05) is 65.8 Å². The Morgan fingerprint density at radius 3 is 1.14 bits per heavy atom. The average Bonchev–Trinajstić information content (AvgIpc) is 2.95. The van der Waals surface area contributed by atoms with Crippen LogP contribution in [-0.4, -0.2) is 20.4 Å². The lowest BCUT2D eigenvalue weighted by molar-refractivity contribution is 0.344. The van der Waals surface area contributed by atoms with Crippen molar-refractivity contribution >= 4 is 0 Å². The lowest BCUT2D eigenvalue weighted by Gasteiger charge is -2.40. The summed E-state index contributed by atoms with van der Waals surface area (Å²) in [6.45, 7) is 11.6. The molecule has 0 saturated heterocycles. The molecule has 0 spiro atoms. The van der Waals surface area contributed by atoms with Gasteiger partial charge in [-0.3, -0.25) is 0 Å². The summed E-state index contributed by atoms with van der Waals surface area (Å²) in [7, 11) is 0. The van der Waals surface area contributed by atoms with Crippen LogP contribution in [0.4, 0.5) is 0 Å². The molecule has 0 aromatic heterocycles. The minimum absolute atomic E-state index is 0.222. The Morgan fingerprint density at radius 1 is 0.452 bits per heavy atom. The molecular formula is C38H44O4. The quantitative estimate of drug-likeness (QED) is 0.189. The zero-order valence-electron chi connectivity index (χ0n) is 25.9. The van der Waals surface area contributed by atoms with Crippen LogP contribution >= 0.6 is 0 Å². The summed E-state index contributed by atoms with van der Waals surface area (Å²) < 4.78 is 0. The van der Waals surface area contributed by atoms with Crippen molar-refractivity contribution in [3.63, 3.8) is 0 Å². The molecule has 4 nitrogen and oxygen atoms in total. The maximum atomic E-state index is 11.2. The van der Waals surface area contributed by atoms with Gasteiger partial charge in [0.2, 0.25) is 0 Å². The van der Waals surface area contributed by atoms with Gasteiger partial charge in [0.1, 0.15) is 23.0 Å². The molecule has 4 N–H and O–H groups in total. The number of aromatic hydroxyl groups is 4. The number of hydrogen-bond acceptors (Lipinski definition) is 4. The number of hydrogen-bond donors (Lipinski definition) is 4. The summed E-state index contributed by atoms with van der Waals surface area (Å²) in [6.07, 6.45) is 6.63. The van der Waals surface area contributed by atoms with Gasteiger partial charge in [0.05, 0.1) is 0 Å². The molecule has 0 amide bonds. The van der Waals surface area contributed by atoms with E-state index in [2.05, 4.69) is 24.3 Å². The summed E-state index contributed by atoms with van der Waals surface area (Å²) in [6, 6.07) is 16.7. The molecule has 0 radical (unpaired) electrons. The number of phenolic OH excluding ortho intramolecular Hbond substituents is 4. The van der Waals surface area contributed by atoms with Crippen LogP contribution < -0.4 is 0 Å². The fourth-order valence-corrected chi connectivity index (χ4v) is 7.16. The third-order valence-corrected chi connectivity index (χ3v) is 9.46. The second kappa shape index (κ2) is 11.4. The van der Waals surface area contributed by atoms with Crippen molar-refractivity contribution in [1.82, 2.24) is 0 Å². The largest absolute Gasteiger partial charge is 0.507 e. The number of aryl methyl sites for hydroxylation is 6. The second-order valence-corrected chi connectivity index (χ2v) is 12.8. The first kappa shape index (κ1) is 29.6. The van der Waals surface area contributed by atoms with E-state index in [0.29, 0.717) is 35.8 Å². The van der Waals surface area contributed by atoms with Gasteiger partial charge in [-0.05, 0) is 121 Å². The first-order chi connectivity index (χ1) is 19.9. The van der Waals surface area contributed by atoms with Gasteiger partial charge in [0.15, 0.2) is 0 Å². The minimum atomic E-state index is -0.222. The van der Waals surface area contributed by atoms with Gasteiger partial charge in [-0.1, -0.05) is 67.8 Å². The molecule has 42 heavy (non-hydrogen) atoms. The summed E-state index contributed by atoms with van der Waals surface area (Å²) in [5.41, 5.74) is 11.2. The van der Waals surface area contributed by atoms with E-state index >= 15 is 0 Å². The smallest absolute Gasteiger partial charge is 0.122 e. The van der Waals surface area contributed by atoms with Crippen molar-refractivity contribution in [2.24, 2.45) is 0 Å². The van der Waals surface area contributed by atoms with Crippen LogP contribution in [0.25, 0.3) is 0 Å². The maximum absolute atomic E-state index is 11.2. The highest BCUT2D eigenvalue weighted by atomic mass is 16.3. The van der Waals surface area contributed by atoms with E-state index in [4.69, 9.17) is 0 Å². The fourth-order valence-electron chi connectivity index (χ4n) is 7.16. The lowest BCUT2D eigenvalue weighted by Crippen LogP contribution is -2.31. The Balaban J connectivity index is 1.61. The van der Waals surface area contributed by atoms with Crippen molar-refractivity contribution in [3.8, 4) is 23.0 Å². The summed E-state index contributed by atoms with van der Waals surface area (Å²) in [5, 5.41) is 42.9. The predicted octanol–water partition coefficient (Wildman–Crippen LogP) is 8.79. The zero-order valence-corrected chi connectivity index (χ0v) is 25.9. The third-order valence-electron chi connectivity index (χ3n) is 9.46. The van der Waals surface area contributed by atoms with Gasteiger partial charge in [0.25, 0.3) is 0 Å². The van der Waals surface area contributed by atoms with Gasteiger partial charge < -0.3 is 20.4 Å². The average molecular weight is 565 g/mol. The SMILES string of the molecule is Cc1cc(Cc2cc(C3(c4cc(C)c(O)c(Cc5cc(C)c(O)c(C)c5)c4)CCCCC3)cc(C)c2O)cc(C)c1O. The molecule has 0 aliphatic heterocycles. The van der Waals surface area contributed by atoms with Gasteiger partial charge in [-0.2, -0.15) is 0 Å². The van der Waals surface area contributed by atoms with Crippen LogP contribution in [-0.2, 0) is 18.3 Å². The Bertz CT molecular complexity index is 1490. The molecule has 0 atom stereocenters. The monoisotopic (exact) mass is 564 g/mol. The Kier molecular flexibility index (Phi) is 8.02. The molecular weight excluding hydrogens is 520 g/mol. The summed E-state index contributed by atoms with van der Waals surface area (Å²) in [5.74, 6) is 1.30. The second-order valence-electron chi connectivity index (χ2n) is 12.8. The van der Waals surface area contributed by atoms with Crippen LogP contribution in [0.3, 0.4) is 0 Å². The maximum Gasteiger partial charge on any atom is 0.122 e. The van der Waals surface area contributed by atoms with Crippen molar-refractivity contribution in [3.05, 3.63) is 115 Å². The Morgan fingerprint density at radius 2 is 0.786 bits per heavy atom. The molecule has 1 saturated carbocycles. The fraction of sp³-hybridized carbons (Fsp3) is 0.368. The highest BCUT2D eigenvalue weighted by molar-refractivity contribution is 5.55. The van der Waals surface area contributed by atoms with E-state index < -0.39 is 0 Å². The van der Waals surface area contributed by atoms with E-state index in [1.165, 1.54) is 17.5 Å². The normalized spacial score (nSPS) is 14.7. The molecule has 4 aromatic rings. The van der Waals surface area contributed by atoms with Crippen LogP contribution in [0.1, 0.15) is 98.9 Å². The molecule has 4 aromatic carbocycles. The molecule has 1 aliphatic rings.